The summed E-state index contributed by atoms with van der Waals surface area (Å²) in [4.78, 5) is 90.9. The van der Waals surface area contributed by atoms with E-state index in [0.717, 1.165) is 11.8 Å². The number of benzene rings is 7. The molecule has 0 aromatic heterocycles. The quantitative estimate of drug-likeness (QED) is 0.0310. The van der Waals surface area contributed by atoms with Crippen molar-refractivity contribution in [1.29, 1.82) is 0 Å². The lowest BCUT2D eigenvalue weighted by molar-refractivity contribution is -0.369. The molecule has 0 saturated carbocycles. The average Bonchev–Trinajstić information content (AvgIpc) is 0.710. The molecular formula is C86H104O21SSi3. The second-order valence-electron chi connectivity index (χ2n) is 33.3. The van der Waals surface area contributed by atoms with Crippen LogP contribution in [0.15, 0.2) is 217 Å². The number of rotatable bonds is 24. The largest absolute Gasteiger partial charge is 0.459 e. The third-order valence-corrected chi connectivity index (χ3v) is 36.6. The van der Waals surface area contributed by atoms with Gasteiger partial charge >= 0.3 is 44.4 Å². The van der Waals surface area contributed by atoms with E-state index >= 15 is 14.4 Å². The molecular weight excluding hydrogens is 1490 g/mol. The van der Waals surface area contributed by atoms with E-state index in [2.05, 4.69) is 109 Å². The average molecular weight is 1590 g/mol. The highest BCUT2D eigenvalue weighted by Crippen LogP contribution is 2.57. The normalized spacial score (nSPS) is 25.7. The van der Waals surface area contributed by atoms with Gasteiger partial charge in [-0.25, -0.2) is 28.8 Å². The first-order chi connectivity index (χ1) is 52.5. The molecule has 0 bridgehead atoms. The molecule has 0 spiro atoms. The van der Waals surface area contributed by atoms with Gasteiger partial charge in [0.1, 0.15) is 67.5 Å². The highest BCUT2D eigenvalue weighted by atomic mass is 32.2. The van der Waals surface area contributed by atoms with Gasteiger partial charge in [-0.15, -0.1) is 0 Å². The van der Waals surface area contributed by atoms with Gasteiger partial charge in [0.2, 0.25) is 0 Å². The Morgan fingerprint density at radius 3 is 1.06 bits per heavy atom. The molecule has 0 amide bonds. The smallest absolute Gasteiger partial charge is 0.349 e. The number of hydrogen-bond donors (Lipinski definition) is 0. The Hall–Kier alpha value is -8.00. The lowest BCUT2D eigenvalue weighted by Gasteiger charge is -2.60. The summed E-state index contributed by atoms with van der Waals surface area (Å²) in [5.74, 6) is -5.26. The Balaban J connectivity index is 1.13. The molecule has 0 unspecified atom stereocenters. The molecule has 0 aliphatic carbocycles. The van der Waals surface area contributed by atoms with Crippen molar-refractivity contribution in [1.82, 2.24) is 0 Å². The third kappa shape index (κ3) is 19.8. The summed E-state index contributed by atoms with van der Waals surface area (Å²) < 4.78 is 107. The number of thioether (sulfide) groups is 1. The Kier molecular flexibility index (Phi) is 26.6. The molecule has 111 heavy (non-hydrogen) atoms. The zero-order valence-corrected chi connectivity index (χ0v) is 69.8. The summed E-state index contributed by atoms with van der Waals surface area (Å²) in [7, 11) is -9.32. The van der Waals surface area contributed by atoms with E-state index in [9.17, 15) is 14.4 Å². The summed E-state index contributed by atoms with van der Waals surface area (Å²) in [6.07, 6.45) is -21.5. The molecule has 4 aliphatic rings. The molecule has 21 nitrogen and oxygen atoms in total. The van der Waals surface area contributed by atoms with Crippen LogP contribution in [0, 0.1) is 0 Å². The predicted octanol–water partition coefficient (Wildman–Crippen LogP) is 16.6. The van der Waals surface area contributed by atoms with Crippen molar-refractivity contribution in [3.8, 4) is 0 Å². The lowest BCUT2D eigenvalue weighted by atomic mass is 9.95. The second-order valence-corrected chi connectivity index (χ2v) is 48.8. The predicted molar refractivity (Wildman–Crippen MR) is 424 cm³/mol. The molecule has 15 atom stereocenters. The van der Waals surface area contributed by atoms with Crippen molar-refractivity contribution in [2.75, 3.05) is 19.8 Å². The van der Waals surface area contributed by atoms with Crippen LogP contribution >= 0.6 is 11.8 Å². The van der Waals surface area contributed by atoms with Crippen molar-refractivity contribution < 1.29 is 98.6 Å². The standard InChI is InChI=1S/C86H104O21SSi3/c1-83(2,3)109(13,14)105-70-67-64(54-95-111(107-67,85(7,8)9)86(10,11)12)97-81(72(70)106-110(15,16)84(4,5)6)104-65-62(52-93-74(87)55-38-24-17-25-39-55)96-80(71(101-78(91)59-46-32-21-33-47-59)68(65)99-76(89)57-42-28-19-29-43-57)103-66-63(53-94-75(88)56-40-26-18-27-41-56)98-82(108-61-50-36-23-37-51-61)73(102-79(92)60-48-34-22-35-49-60)69(66)100-77(90)58-44-30-20-31-45-58/h17-51,62-73,80-82H,52-54H2,1-16H3/t62-,63-,64-,65+,66-,67+,68+,69+,70+,71-,72-,73-,80+,81-,82+/m1/s1. The van der Waals surface area contributed by atoms with Crippen LogP contribution in [0.25, 0.3) is 0 Å². The van der Waals surface area contributed by atoms with Crippen LogP contribution in [-0.4, -0.2) is 172 Å². The van der Waals surface area contributed by atoms with E-state index in [4.69, 9.17) is 69.8 Å². The van der Waals surface area contributed by atoms with Crippen LogP contribution in [0.4, 0.5) is 0 Å². The lowest BCUT2D eigenvalue weighted by Crippen LogP contribution is -2.74. The molecule has 11 rings (SSSR count). The van der Waals surface area contributed by atoms with E-state index in [1.165, 1.54) is 24.3 Å². The van der Waals surface area contributed by atoms with Crippen molar-refractivity contribution in [2.24, 2.45) is 0 Å². The van der Waals surface area contributed by atoms with Crippen molar-refractivity contribution in [3.63, 3.8) is 0 Å². The maximum atomic E-state index is 15.6. The molecule has 4 fully saturated rings. The number of carbonyl (C=O) groups excluding carboxylic acids is 6. The molecule has 7 aromatic rings. The van der Waals surface area contributed by atoms with Gasteiger partial charge in [-0.2, -0.15) is 0 Å². The number of esters is 6. The van der Waals surface area contributed by atoms with Crippen LogP contribution in [-0.2, 0) is 69.8 Å². The maximum absolute atomic E-state index is 15.6. The summed E-state index contributed by atoms with van der Waals surface area (Å²) >= 11 is 1.12. The fourth-order valence-electron chi connectivity index (χ4n) is 13.6. The van der Waals surface area contributed by atoms with Crippen molar-refractivity contribution in [2.45, 2.75) is 226 Å². The monoisotopic (exact) mass is 1590 g/mol. The summed E-state index contributed by atoms with van der Waals surface area (Å²) in [5.41, 5.74) is -0.671. The van der Waals surface area contributed by atoms with Gasteiger partial charge in [-0.1, -0.05) is 222 Å². The Bertz CT molecular complexity index is 4240. The minimum atomic E-state index is -3.37. The molecule has 4 heterocycles. The first-order valence-electron chi connectivity index (χ1n) is 37.7. The van der Waals surface area contributed by atoms with Gasteiger partial charge in [-0.05, 0) is 121 Å². The molecule has 4 aliphatic heterocycles. The molecule has 25 heteroatoms. The van der Waals surface area contributed by atoms with Crippen molar-refractivity contribution >= 4 is 72.8 Å². The van der Waals surface area contributed by atoms with Gasteiger partial charge < -0.3 is 69.8 Å². The van der Waals surface area contributed by atoms with Gasteiger partial charge in [0.05, 0.1) is 40.0 Å². The Labute approximate surface area is 658 Å². The molecule has 0 radical (unpaired) electrons. The highest BCUT2D eigenvalue weighted by molar-refractivity contribution is 7.99. The second kappa shape index (κ2) is 35.2. The van der Waals surface area contributed by atoms with E-state index in [-0.39, 0.29) is 45.0 Å². The molecule has 7 aromatic carbocycles. The van der Waals surface area contributed by atoms with Crippen LogP contribution in [0.5, 0.6) is 0 Å². The Morgan fingerprint density at radius 1 is 0.378 bits per heavy atom. The van der Waals surface area contributed by atoms with E-state index in [1.807, 2.05) is 18.2 Å². The van der Waals surface area contributed by atoms with Gasteiger partial charge in [0, 0.05) is 15.0 Å². The molecule has 592 valence electrons. The zero-order chi connectivity index (χ0) is 79.8. The Morgan fingerprint density at radius 2 is 0.694 bits per heavy atom. The fraction of sp³-hybridized carbons (Fsp3) is 0.442. The SMILES string of the molecule is CC(C)(C)[Si](C)(C)O[C@H]1[C@H]2O[Si](C(C)(C)C)(C(C)(C)C)OC[C@H]2O[C@H](O[C@@H]2[C@H](OC(=O)c3ccccc3)[C@@H](OC(=O)c3ccccc3)[C@H](O[C@H]3[C@H](OC(=O)c4ccccc4)[C@@H](OC(=O)c4ccccc4)[C@H](Sc4ccccc4)O[C@@H]3COC(=O)c3ccccc3)O[C@@H]2COC(=O)c2ccccc2)[C@@H]1O[Si](C)(C)C(C)(C)C. The first kappa shape index (κ1) is 83.9. The van der Waals surface area contributed by atoms with Crippen molar-refractivity contribution in [3.05, 3.63) is 246 Å². The topological polar surface area (TPSA) is 241 Å². The maximum Gasteiger partial charge on any atom is 0.349 e. The van der Waals surface area contributed by atoms with Crippen LogP contribution in [0.1, 0.15) is 145 Å². The van der Waals surface area contributed by atoms with Gasteiger partial charge in [-0.3, -0.25) is 0 Å². The van der Waals surface area contributed by atoms with E-state index in [0.29, 0.717) is 4.90 Å². The molecule has 4 saturated heterocycles. The summed E-state index contributed by atoms with van der Waals surface area (Å²) in [6, 6.07) is 57.9. The number of fused-ring (bicyclic) bond motifs is 1. The number of carbonyl (C=O) groups is 6. The zero-order valence-electron chi connectivity index (χ0n) is 66.0. The third-order valence-electron chi connectivity index (χ3n) is 21.3. The first-order valence-corrected chi connectivity index (χ1v) is 46.2. The van der Waals surface area contributed by atoms with E-state index < -0.39 is 181 Å². The summed E-state index contributed by atoms with van der Waals surface area (Å²) in [6.45, 7) is 32.8. The van der Waals surface area contributed by atoms with Gasteiger partial charge in [0.15, 0.2) is 53.6 Å². The minimum absolute atomic E-state index is 0.0298. The number of ether oxygens (including phenoxy) is 11. The van der Waals surface area contributed by atoms with Gasteiger partial charge in [0.25, 0.3) is 0 Å². The summed E-state index contributed by atoms with van der Waals surface area (Å²) in [5, 5.41) is -1.83. The fourth-order valence-corrected chi connectivity index (χ4v) is 22.3. The molecule has 0 N–H and O–H groups in total. The van der Waals surface area contributed by atoms with Crippen LogP contribution < -0.4 is 0 Å². The van der Waals surface area contributed by atoms with Crippen LogP contribution in [0.3, 0.4) is 0 Å². The van der Waals surface area contributed by atoms with E-state index in [1.54, 1.807) is 170 Å². The minimum Gasteiger partial charge on any atom is -0.459 e. The van der Waals surface area contributed by atoms with Crippen LogP contribution in [0.2, 0.25) is 46.3 Å². The number of hydrogen-bond acceptors (Lipinski definition) is 22. The highest BCUT2D eigenvalue weighted by Gasteiger charge is 2.67.